The molecule has 0 aliphatic carbocycles. The summed E-state index contributed by atoms with van der Waals surface area (Å²) < 4.78 is 13.7. The van der Waals surface area contributed by atoms with Gasteiger partial charge in [0, 0.05) is 12.6 Å². The molecule has 116 valence electrons. The highest BCUT2D eigenvalue weighted by molar-refractivity contribution is 5.94. The number of non-ortho nitro benzene ring substituents is 1. The molecule has 0 aromatic heterocycles. The van der Waals surface area contributed by atoms with Crippen molar-refractivity contribution in [2.45, 2.75) is 32.8 Å². The molecule has 1 aromatic carbocycles. The zero-order chi connectivity index (χ0) is 16.2. The zero-order valence-electron chi connectivity index (χ0n) is 12.2. The van der Waals surface area contributed by atoms with Crippen LogP contribution in [0.3, 0.4) is 0 Å². The van der Waals surface area contributed by atoms with Gasteiger partial charge in [-0.25, -0.2) is 4.39 Å². The van der Waals surface area contributed by atoms with E-state index in [2.05, 4.69) is 5.32 Å². The number of carbonyl (C=O) groups excluding carboxylic acids is 1. The molecule has 1 rings (SSSR count). The summed E-state index contributed by atoms with van der Waals surface area (Å²) in [5.41, 5.74) is -1.82. The molecule has 0 saturated carbocycles. The largest absolute Gasteiger partial charge is 0.388 e. The lowest BCUT2D eigenvalue weighted by Crippen LogP contribution is -2.45. The molecule has 0 saturated heterocycles. The Kier molecular flexibility index (Phi) is 5.37. The van der Waals surface area contributed by atoms with Crippen LogP contribution in [-0.2, 0) is 0 Å². The number of carbonyl (C=O) groups is 1. The molecule has 0 spiro atoms. The standard InChI is InChI=1S/C14H19FN2O4/c1-4-9(2)14(3,19)8-16-13(18)11-6-5-10(17(20)21)7-12(11)15/h5-7,9,19H,4,8H2,1-3H3,(H,16,18). The molecule has 6 nitrogen and oxygen atoms in total. The van der Waals surface area contributed by atoms with E-state index in [9.17, 15) is 24.4 Å². The van der Waals surface area contributed by atoms with Gasteiger partial charge in [0.1, 0.15) is 5.82 Å². The number of halogens is 1. The molecule has 2 N–H and O–H groups in total. The smallest absolute Gasteiger partial charge is 0.272 e. The van der Waals surface area contributed by atoms with Crippen molar-refractivity contribution in [3.63, 3.8) is 0 Å². The molecule has 0 aliphatic rings. The van der Waals surface area contributed by atoms with Gasteiger partial charge < -0.3 is 10.4 Å². The maximum absolute atomic E-state index is 13.7. The highest BCUT2D eigenvalue weighted by Gasteiger charge is 2.28. The average Bonchev–Trinajstić information content (AvgIpc) is 2.43. The van der Waals surface area contributed by atoms with Gasteiger partial charge in [-0.05, 0) is 18.9 Å². The van der Waals surface area contributed by atoms with Crippen LogP contribution in [0.25, 0.3) is 0 Å². The van der Waals surface area contributed by atoms with E-state index in [4.69, 9.17) is 0 Å². The van der Waals surface area contributed by atoms with Crippen molar-refractivity contribution in [1.29, 1.82) is 0 Å². The summed E-state index contributed by atoms with van der Waals surface area (Å²) in [6.07, 6.45) is 0.731. The van der Waals surface area contributed by atoms with Crippen molar-refractivity contribution < 1.29 is 19.2 Å². The number of rotatable bonds is 6. The van der Waals surface area contributed by atoms with Crippen LogP contribution in [0.1, 0.15) is 37.6 Å². The van der Waals surface area contributed by atoms with E-state index < -0.39 is 27.9 Å². The SMILES string of the molecule is CCC(C)C(C)(O)CNC(=O)c1ccc([N+](=O)[O-])cc1F. The van der Waals surface area contributed by atoms with Gasteiger partial charge in [0.25, 0.3) is 11.6 Å². The van der Waals surface area contributed by atoms with Crippen molar-refractivity contribution >= 4 is 11.6 Å². The van der Waals surface area contributed by atoms with E-state index in [1.54, 1.807) is 6.92 Å². The maximum atomic E-state index is 13.7. The molecule has 21 heavy (non-hydrogen) atoms. The Balaban J connectivity index is 2.79. The number of nitro benzene ring substituents is 1. The summed E-state index contributed by atoms with van der Waals surface area (Å²) in [6, 6.07) is 2.81. The third-order valence-corrected chi connectivity index (χ3v) is 3.69. The third kappa shape index (κ3) is 4.22. The van der Waals surface area contributed by atoms with Crippen molar-refractivity contribution in [2.75, 3.05) is 6.54 Å². The minimum absolute atomic E-state index is 0.0305. The normalized spacial score (nSPS) is 15.1. The maximum Gasteiger partial charge on any atom is 0.272 e. The van der Waals surface area contributed by atoms with Crippen LogP contribution < -0.4 is 5.32 Å². The highest BCUT2D eigenvalue weighted by atomic mass is 19.1. The van der Waals surface area contributed by atoms with Gasteiger partial charge in [-0.3, -0.25) is 14.9 Å². The Labute approximate surface area is 122 Å². The average molecular weight is 298 g/mol. The Morgan fingerprint density at radius 3 is 2.67 bits per heavy atom. The van der Waals surface area contributed by atoms with Crippen LogP contribution in [0.5, 0.6) is 0 Å². The fourth-order valence-corrected chi connectivity index (χ4v) is 1.77. The lowest BCUT2D eigenvalue weighted by atomic mass is 9.88. The van der Waals surface area contributed by atoms with Gasteiger partial charge in [-0.2, -0.15) is 0 Å². The third-order valence-electron chi connectivity index (χ3n) is 3.69. The van der Waals surface area contributed by atoms with E-state index >= 15 is 0 Å². The van der Waals surface area contributed by atoms with Crippen LogP contribution in [0.2, 0.25) is 0 Å². The molecule has 7 heteroatoms. The number of amides is 1. The lowest BCUT2D eigenvalue weighted by Gasteiger charge is -2.29. The van der Waals surface area contributed by atoms with Crippen LogP contribution >= 0.6 is 0 Å². The van der Waals surface area contributed by atoms with Crippen molar-refractivity contribution in [1.82, 2.24) is 5.32 Å². The first-order chi connectivity index (χ1) is 9.69. The van der Waals surface area contributed by atoms with E-state index in [1.165, 1.54) is 0 Å². The summed E-state index contributed by atoms with van der Waals surface area (Å²) in [5.74, 6) is -1.73. The number of nitrogens with one attached hydrogen (secondary N) is 1. The van der Waals surface area contributed by atoms with Crippen LogP contribution in [0.15, 0.2) is 18.2 Å². The highest BCUT2D eigenvalue weighted by Crippen LogP contribution is 2.20. The second kappa shape index (κ2) is 6.62. The summed E-state index contributed by atoms with van der Waals surface area (Å²) in [6.45, 7) is 5.32. The monoisotopic (exact) mass is 298 g/mol. The number of hydrogen-bond donors (Lipinski definition) is 2. The fourth-order valence-electron chi connectivity index (χ4n) is 1.77. The quantitative estimate of drug-likeness (QED) is 0.622. The second-order valence-corrected chi connectivity index (χ2v) is 5.27. The van der Waals surface area contributed by atoms with Gasteiger partial charge in [-0.15, -0.1) is 0 Å². The molecular weight excluding hydrogens is 279 g/mol. The Morgan fingerprint density at radius 2 is 2.19 bits per heavy atom. The molecule has 1 amide bonds. The molecular formula is C14H19FN2O4. The van der Waals surface area contributed by atoms with Crippen molar-refractivity contribution in [3.05, 3.63) is 39.7 Å². The van der Waals surface area contributed by atoms with Gasteiger partial charge >= 0.3 is 0 Å². The predicted molar refractivity (Wildman–Crippen MR) is 75.5 cm³/mol. The second-order valence-electron chi connectivity index (χ2n) is 5.27. The van der Waals surface area contributed by atoms with E-state index in [0.717, 1.165) is 18.6 Å². The summed E-state index contributed by atoms with van der Waals surface area (Å²) in [5, 5.41) is 23.1. The minimum atomic E-state index is -1.11. The number of benzene rings is 1. The molecule has 0 radical (unpaired) electrons. The molecule has 0 heterocycles. The van der Waals surface area contributed by atoms with E-state index in [-0.39, 0.29) is 18.0 Å². The Morgan fingerprint density at radius 1 is 1.57 bits per heavy atom. The Bertz CT molecular complexity index is 546. The molecule has 1 aromatic rings. The lowest BCUT2D eigenvalue weighted by molar-refractivity contribution is -0.385. The van der Waals surface area contributed by atoms with Crippen LogP contribution in [0.4, 0.5) is 10.1 Å². The molecule has 0 fully saturated rings. The molecule has 0 bridgehead atoms. The predicted octanol–water partition coefficient (Wildman–Crippen LogP) is 2.26. The van der Waals surface area contributed by atoms with Crippen LogP contribution in [-0.4, -0.2) is 28.1 Å². The molecule has 0 aliphatic heterocycles. The molecule has 2 unspecified atom stereocenters. The van der Waals surface area contributed by atoms with Crippen molar-refractivity contribution in [3.8, 4) is 0 Å². The summed E-state index contributed by atoms with van der Waals surface area (Å²) >= 11 is 0. The van der Waals surface area contributed by atoms with Gasteiger partial charge in [0.05, 0.1) is 22.2 Å². The van der Waals surface area contributed by atoms with E-state index in [0.29, 0.717) is 6.07 Å². The zero-order valence-corrected chi connectivity index (χ0v) is 12.2. The van der Waals surface area contributed by atoms with Crippen LogP contribution in [0, 0.1) is 21.8 Å². The van der Waals surface area contributed by atoms with Gasteiger partial charge in [-0.1, -0.05) is 20.3 Å². The summed E-state index contributed by atoms with van der Waals surface area (Å²) in [7, 11) is 0. The first kappa shape index (κ1) is 17.0. The Hall–Kier alpha value is -2.02. The van der Waals surface area contributed by atoms with E-state index in [1.807, 2.05) is 13.8 Å². The number of nitrogens with zero attached hydrogens (tertiary/aromatic N) is 1. The minimum Gasteiger partial charge on any atom is -0.388 e. The van der Waals surface area contributed by atoms with Gasteiger partial charge in [0.2, 0.25) is 0 Å². The summed E-state index contributed by atoms with van der Waals surface area (Å²) in [4.78, 5) is 21.6. The number of hydrogen-bond acceptors (Lipinski definition) is 4. The first-order valence-corrected chi connectivity index (χ1v) is 6.63. The first-order valence-electron chi connectivity index (χ1n) is 6.63. The topological polar surface area (TPSA) is 92.5 Å². The number of aliphatic hydroxyl groups is 1. The van der Waals surface area contributed by atoms with Gasteiger partial charge in [0.15, 0.2) is 0 Å². The van der Waals surface area contributed by atoms with Crippen molar-refractivity contribution in [2.24, 2.45) is 5.92 Å². The fraction of sp³-hybridized carbons (Fsp3) is 0.500. The molecule has 2 atom stereocenters. The number of nitro groups is 1.